The van der Waals surface area contributed by atoms with Gasteiger partial charge < -0.3 is 9.47 Å². The number of hydrogen-bond donors (Lipinski definition) is 0. The van der Waals surface area contributed by atoms with Gasteiger partial charge in [-0.3, -0.25) is 14.9 Å². The Hall–Kier alpha value is -4.26. The number of benzene rings is 3. The second kappa shape index (κ2) is 19.0. The van der Waals surface area contributed by atoms with Crippen molar-refractivity contribution in [1.29, 1.82) is 0 Å². The summed E-state index contributed by atoms with van der Waals surface area (Å²) >= 11 is 0. The number of ketones is 1. The lowest BCUT2D eigenvalue weighted by Crippen LogP contribution is -2.08. The first-order valence-corrected chi connectivity index (χ1v) is 15.5. The molecule has 3 rings (SSSR count). The normalized spacial score (nSPS) is 11.0. The monoisotopic (exact) mass is 585 g/mol. The number of unbranched alkanes of at least 4 members (excludes halogenated alkanes) is 11. The van der Waals surface area contributed by atoms with Crippen molar-refractivity contribution < 1.29 is 24.0 Å². The number of hydrogen-bond acceptors (Lipinski definition) is 6. The number of ether oxygens (including phenoxy) is 2. The third-order valence-corrected chi connectivity index (χ3v) is 7.24. The van der Waals surface area contributed by atoms with Crippen molar-refractivity contribution in [2.75, 3.05) is 6.61 Å². The molecule has 43 heavy (non-hydrogen) atoms. The fraction of sp³-hybridized carbons (Fsp3) is 0.389. The number of nitro groups is 1. The van der Waals surface area contributed by atoms with Gasteiger partial charge in [0, 0.05) is 17.7 Å². The molecule has 0 aliphatic rings. The summed E-state index contributed by atoms with van der Waals surface area (Å²) in [7, 11) is 0. The molecule has 0 atom stereocenters. The first-order chi connectivity index (χ1) is 21.0. The highest BCUT2D eigenvalue weighted by Gasteiger charge is 2.10. The van der Waals surface area contributed by atoms with Gasteiger partial charge in [-0.05, 0) is 66.6 Å². The van der Waals surface area contributed by atoms with Crippen LogP contribution < -0.4 is 9.47 Å². The average molecular weight is 586 g/mol. The van der Waals surface area contributed by atoms with E-state index < -0.39 is 10.9 Å². The van der Waals surface area contributed by atoms with E-state index in [2.05, 4.69) is 6.92 Å². The highest BCUT2D eigenvalue weighted by atomic mass is 16.6. The summed E-state index contributed by atoms with van der Waals surface area (Å²) in [5.41, 5.74) is 1.45. The fourth-order valence-electron chi connectivity index (χ4n) is 4.65. The summed E-state index contributed by atoms with van der Waals surface area (Å²) in [6.45, 7) is 2.93. The highest BCUT2D eigenvalue weighted by Crippen LogP contribution is 2.19. The largest absolute Gasteiger partial charge is 0.494 e. The molecule has 0 amide bonds. The van der Waals surface area contributed by atoms with Crippen LogP contribution in [0, 0.1) is 10.1 Å². The number of nitrogens with zero attached hydrogens (tertiary/aromatic N) is 1. The van der Waals surface area contributed by atoms with E-state index in [0.29, 0.717) is 23.5 Å². The standard InChI is InChI=1S/C36H43NO6/c1-2-3-4-5-6-7-8-9-10-11-12-13-28-42-33-25-19-31(20-26-33)36(39)43-34-23-14-29(15-24-34)16-27-35(38)30-17-21-32(22-18-30)37(40)41/h14-27H,2-13,28H2,1H3/b27-16+. The molecule has 0 saturated carbocycles. The first-order valence-electron chi connectivity index (χ1n) is 15.5. The summed E-state index contributed by atoms with van der Waals surface area (Å²) in [6.07, 6.45) is 18.7. The van der Waals surface area contributed by atoms with Gasteiger partial charge in [-0.25, -0.2) is 4.79 Å². The average Bonchev–Trinajstić information content (AvgIpc) is 3.03. The van der Waals surface area contributed by atoms with Crippen molar-refractivity contribution in [3.63, 3.8) is 0 Å². The van der Waals surface area contributed by atoms with Crippen LogP contribution in [0.15, 0.2) is 78.9 Å². The van der Waals surface area contributed by atoms with E-state index in [-0.39, 0.29) is 11.5 Å². The molecule has 7 heteroatoms. The van der Waals surface area contributed by atoms with E-state index in [1.165, 1.54) is 101 Å². The molecule has 0 aromatic heterocycles. The van der Waals surface area contributed by atoms with Crippen molar-refractivity contribution in [2.45, 2.75) is 84.0 Å². The van der Waals surface area contributed by atoms with Crippen LogP contribution in [-0.4, -0.2) is 23.3 Å². The zero-order valence-electron chi connectivity index (χ0n) is 25.2. The Balaban J connectivity index is 1.31. The van der Waals surface area contributed by atoms with Crippen molar-refractivity contribution in [1.82, 2.24) is 0 Å². The maximum Gasteiger partial charge on any atom is 0.343 e. The number of rotatable bonds is 20. The highest BCUT2D eigenvalue weighted by molar-refractivity contribution is 6.06. The van der Waals surface area contributed by atoms with E-state index >= 15 is 0 Å². The molecule has 0 bridgehead atoms. The quantitative estimate of drug-likeness (QED) is 0.0249. The van der Waals surface area contributed by atoms with Gasteiger partial charge in [0.05, 0.1) is 17.1 Å². The van der Waals surface area contributed by atoms with Crippen LogP contribution >= 0.6 is 0 Å². The maximum atomic E-state index is 12.6. The van der Waals surface area contributed by atoms with Crippen LogP contribution in [0.1, 0.15) is 110 Å². The van der Waals surface area contributed by atoms with Crippen LogP contribution in [0.2, 0.25) is 0 Å². The predicted octanol–water partition coefficient (Wildman–Crippen LogP) is 9.79. The number of carbonyl (C=O) groups excluding carboxylic acids is 2. The lowest BCUT2D eigenvalue weighted by atomic mass is 10.1. The minimum absolute atomic E-state index is 0.0695. The molecule has 0 N–H and O–H groups in total. The van der Waals surface area contributed by atoms with Crippen LogP contribution in [0.3, 0.4) is 0 Å². The Bertz CT molecular complexity index is 1300. The molecule has 0 saturated heterocycles. The Labute approximate surface area is 255 Å². The molecule has 0 radical (unpaired) electrons. The van der Waals surface area contributed by atoms with Crippen LogP contribution in [0.5, 0.6) is 11.5 Å². The molecule has 0 aliphatic carbocycles. The van der Waals surface area contributed by atoms with Gasteiger partial charge in [-0.1, -0.05) is 95.8 Å². The first kappa shape index (κ1) is 33.2. The minimum atomic E-state index is -0.510. The smallest absolute Gasteiger partial charge is 0.343 e. The molecule has 3 aromatic rings. The molecule has 0 heterocycles. The van der Waals surface area contributed by atoms with Gasteiger partial charge in [0.2, 0.25) is 0 Å². The van der Waals surface area contributed by atoms with E-state index in [0.717, 1.165) is 17.7 Å². The van der Waals surface area contributed by atoms with E-state index in [9.17, 15) is 19.7 Å². The Morgan fingerprint density at radius 3 is 1.74 bits per heavy atom. The van der Waals surface area contributed by atoms with Crippen LogP contribution in [0.25, 0.3) is 6.08 Å². The van der Waals surface area contributed by atoms with E-state index in [1.54, 1.807) is 54.6 Å². The number of carbonyl (C=O) groups is 2. The second-order valence-corrected chi connectivity index (χ2v) is 10.7. The lowest BCUT2D eigenvalue weighted by molar-refractivity contribution is -0.384. The Kier molecular flexibility index (Phi) is 14.7. The summed E-state index contributed by atoms with van der Waals surface area (Å²) in [5, 5.41) is 10.8. The summed E-state index contributed by atoms with van der Waals surface area (Å²) in [4.78, 5) is 35.1. The van der Waals surface area contributed by atoms with Crippen LogP contribution in [0.4, 0.5) is 5.69 Å². The van der Waals surface area contributed by atoms with Gasteiger partial charge in [-0.15, -0.1) is 0 Å². The van der Waals surface area contributed by atoms with E-state index in [1.807, 2.05) is 0 Å². The second-order valence-electron chi connectivity index (χ2n) is 10.7. The molecule has 0 fully saturated rings. The minimum Gasteiger partial charge on any atom is -0.494 e. The summed E-state index contributed by atoms with van der Waals surface area (Å²) < 4.78 is 11.3. The molecule has 3 aromatic carbocycles. The molecule has 0 aliphatic heterocycles. The Morgan fingerprint density at radius 2 is 1.19 bits per heavy atom. The molecule has 7 nitrogen and oxygen atoms in total. The van der Waals surface area contributed by atoms with Gasteiger partial charge in [0.25, 0.3) is 5.69 Å². The topological polar surface area (TPSA) is 95.7 Å². The molecular weight excluding hydrogens is 542 g/mol. The van der Waals surface area contributed by atoms with Gasteiger partial charge in [0.1, 0.15) is 11.5 Å². The maximum absolute atomic E-state index is 12.6. The zero-order chi connectivity index (χ0) is 30.7. The molecule has 0 spiro atoms. The molecule has 0 unspecified atom stereocenters. The third-order valence-electron chi connectivity index (χ3n) is 7.24. The lowest BCUT2D eigenvalue weighted by Gasteiger charge is -2.08. The van der Waals surface area contributed by atoms with Gasteiger partial charge >= 0.3 is 5.97 Å². The Morgan fingerprint density at radius 1 is 0.674 bits per heavy atom. The van der Waals surface area contributed by atoms with Crippen molar-refractivity contribution in [2.24, 2.45) is 0 Å². The zero-order valence-corrected chi connectivity index (χ0v) is 25.2. The molecule has 228 valence electrons. The SMILES string of the molecule is CCCCCCCCCCCCCCOc1ccc(C(=O)Oc2ccc(/C=C/C(=O)c3ccc([N+](=O)[O-])cc3)cc2)cc1. The van der Waals surface area contributed by atoms with Gasteiger partial charge in [-0.2, -0.15) is 0 Å². The summed E-state index contributed by atoms with van der Waals surface area (Å²) in [5.74, 6) is 0.381. The predicted molar refractivity (Wildman–Crippen MR) is 171 cm³/mol. The van der Waals surface area contributed by atoms with Crippen molar-refractivity contribution >= 4 is 23.5 Å². The van der Waals surface area contributed by atoms with Crippen molar-refractivity contribution in [3.8, 4) is 11.5 Å². The van der Waals surface area contributed by atoms with E-state index in [4.69, 9.17) is 9.47 Å². The number of esters is 1. The fourth-order valence-corrected chi connectivity index (χ4v) is 4.65. The van der Waals surface area contributed by atoms with Crippen LogP contribution in [-0.2, 0) is 0 Å². The summed E-state index contributed by atoms with van der Waals surface area (Å²) in [6, 6.07) is 19.2. The van der Waals surface area contributed by atoms with Gasteiger partial charge in [0.15, 0.2) is 5.78 Å². The number of allylic oxidation sites excluding steroid dienone is 1. The third kappa shape index (κ3) is 12.6. The number of nitro benzene ring substituents is 1. The molecular formula is C36H43NO6. The number of non-ortho nitro benzene ring substituents is 1. The van der Waals surface area contributed by atoms with Crippen molar-refractivity contribution in [3.05, 3.63) is 106 Å².